The van der Waals surface area contributed by atoms with Gasteiger partial charge in [0.05, 0.1) is 6.10 Å². The maximum atomic E-state index is 6.17. The van der Waals surface area contributed by atoms with Crippen molar-refractivity contribution in [3.05, 3.63) is 35.4 Å². The summed E-state index contributed by atoms with van der Waals surface area (Å²) in [4.78, 5) is 7.44. The lowest BCUT2D eigenvalue weighted by molar-refractivity contribution is -0.0250. The van der Waals surface area contributed by atoms with Gasteiger partial charge in [0.15, 0.2) is 5.96 Å². The molecule has 0 spiro atoms. The largest absolute Gasteiger partial charge is 0.373 e. The molecule has 31 heavy (non-hydrogen) atoms. The van der Waals surface area contributed by atoms with Gasteiger partial charge in [-0.05, 0) is 71.7 Å². The Morgan fingerprint density at radius 2 is 1.90 bits per heavy atom. The number of nitrogens with one attached hydrogen (secondary N) is 2. The monoisotopic (exact) mass is 544 g/mol. The zero-order valence-electron chi connectivity index (χ0n) is 20.3. The highest BCUT2D eigenvalue weighted by Gasteiger charge is 2.27. The van der Waals surface area contributed by atoms with E-state index in [1.807, 2.05) is 0 Å². The molecule has 3 unspecified atom stereocenters. The molecule has 3 atom stereocenters. The molecular formula is C25H45IN4O. The summed E-state index contributed by atoms with van der Waals surface area (Å²) in [5.41, 5.74) is 2.57. The van der Waals surface area contributed by atoms with E-state index in [0.29, 0.717) is 12.0 Å². The van der Waals surface area contributed by atoms with Crippen molar-refractivity contribution in [2.24, 2.45) is 10.9 Å². The molecule has 0 radical (unpaired) electrons. The van der Waals surface area contributed by atoms with Crippen molar-refractivity contribution in [2.75, 3.05) is 39.3 Å². The lowest BCUT2D eigenvalue weighted by Crippen LogP contribution is -2.43. The minimum absolute atomic E-state index is 0. The summed E-state index contributed by atoms with van der Waals surface area (Å²) in [5.74, 6) is 1.36. The SMILES string of the molecule is CCNC(=NCC1CCCOC1c1ccc(C)cc1)NC(C)CCCN(CC)CC.I. The van der Waals surface area contributed by atoms with E-state index < -0.39 is 0 Å². The van der Waals surface area contributed by atoms with Crippen LogP contribution >= 0.6 is 24.0 Å². The first-order chi connectivity index (χ1) is 14.6. The van der Waals surface area contributed by atoms with Crippen molar-refractivity contribution in [2.45, 2.75) is 72.4 Å². The third kappa shape index (κ3) is 10.1. The average molecular weight is 545 g/mol. The van der Waals surface area contributed by atoms with E-state index in [0.717, 1.165) is 51.6 Å². The molecule has 1 aliphatic heterocycles. The number of nitrogens with zero attached hydrogens (tertiary/aromatic N) is 2. The van der Waals surface area contributed by atoms with E-state index in [9.17, 15) is 0 Å². The zero-order chi connectivity index (χ0) is 21.8. The van der Waals surface area contributed by atoms with Gasteiger partial charge in [0.25, 0.3) is 0 Å². The summed E-state index contributed by atoms with van der Waals surface area (Å²) in [7, 11) is 0. The maximum Gasteiger partial charge on any atom is 0.191 e. The predicted molar refractivity (Wildman–Crippen MR) is 144 cm³/mol. The summed E-state index contributed by atoms with van der Waals surface area (Å²) >= 11 is 0. The Kier molecular flexibility index (Phi) is 14.4. The highest BCUT2D eigenvalue weighted by atomic mass is 127. The van der Waals surface area contributed by atoms with E-state index in [1.165, 1.54) is 30.5 Å². The van der Waals surface area contributed by atoms with Crippen molar-refractivity contribution in [3.8, 4) is 0 Å². The van der Waals surface area contributed by atoms with E-state index >= 15 is 0 Å². The van der Waals surface area contributed by atoms with Crippen LogP contribution < -0.4 is 10.6 Å². The topological polar surface area (TPSA) is 48.9 Å². The normalized spacial score (nSPS) is 20.3. The Labute approximate surface area is 207 Å². The minimum atomic E-state index is 0. The molecule has 2 rings (SSSR count). The summed E-state index contributed by atoms with van der Waals surface area (Å²) in [6, 6.07) is 9.19. The van der Waals surface area contributed by atoms with Crippen LogP contribution in [0.3, 0.4) is 0 Å². The maximum absolute atomic E-state index is 6.17. The number of aryl methyl sites for hydroxylation is 1. The van der Waals surface area contributed by atoms with E-state index in [1.54, 1.807) is 0 Å². The molecule has 1 heterocycles. The third-order valence-electron chi connectivity index (χ3n) is 6.07. The fraction of sp³-hybridized carbons (Fsp3) is 0.720. The Hall–Kier alpha value is -0.860. The van der Waals surface area contributed by atoms with E-state index in [-0.39, 0.29) is 30.1 Å². The van der Waals surface area contributed by atoms with Crippen LogP contribution in [0.25, 0.3) is 0 Å². The number of guanidine groups is 1. The molecule has 0 aromatic heterocycles. The van der Waals surface area contributed by atoms with Gasteiger partial charge in [0.1, 0.15) is 0 Å². The average Bonchev–Trinajstić information content (AvgIpc) is 2.76. The highest BCUT2D eigenvalue weighted by Crippen LogP contribution is 2.33. The molecule has 1 aromatic rings. The number of benzene rings is 1. The van der Waals surface area contributed by atoms with Crippen LogP contribution in [0.15, 0.2) is 29.3 Å². The van der Waals surface area contributed by atoms with Crippen molar-refractivity contribution in [1.29, 1.82) is 0 Å². The van der Waals surface area contributed by atoms with Crippen molar-refractivity contribution in [3.63, 3.8) is 0 Å². The first kappa shape index (κ1) is 28.2. The number of hydrogen-bond acceptors (Lipinski definition) is 3. The van der Waals surface area contributed by atoms with Gasteiger partial charge in [-0.1, -0.05) is 43.7 Å². The molecule has 6 heteroatoms. The van der Waals surface area contributed by atoms with Crippen LogP contribution in [0.1, 0.15) is 70.6 Å². The number of halogens is 1. The Bertz CT molecular complexity index is 618. The fourth-order valence-electron chi connectivity index (χ4n) is 4.15. The first-order valence-corrected chi connectivity index (χ1v) is 12.0. The molecule has 1 saturated heterocycles. The summed E-state index contributed by atoms with van der Waals surface area (Å²) < 4.78 is 6.17. The predicted octanol–water partition coefficient (Wildman–Crippen LogP) is 5.15. The first-order valence-electron chi connectivity index (χ1n) is 12.0. The van der Waals surface area contributed by atoms with Gasteiger partial charge in [-0.3, -0.25) is 4.99 Å². The Balaban J connectivity index is 0.00000480. The molecule has 178 valence electrons. The molecule has 0 aliphatic carbocycles. The van der Waals surface area contributed by atoms with Gasteiger partial charge in [-0.25, -0.2) is 0 Å². The molecule has 0 saturated carbocycles. The molecule has 2 N–H and O–H groups in total. The highest BCUT2D eigenvalue weighted by molar-refractivity contribution is 14.0. The summed E-state index contributed by atoms with van der Waals surface area (Å²) in [6.07, 6.45) is 4.80. The lowest BCUT2D eigenvalue weighted by atomic mass is 9.89. The molecule has 1 aliphatic rings. The van der Waals surface area contributed by atoms with Crippen LogP contribution in [-0.2, 0) is 4.74 Å². The number of rotatable bonds is 11. The molecule has 5 nitrogen and oxygen atoms in total. The molecule has 1 aromatic carbocycles. The second kappa shape index (κ2) is 15.9. The standard InChI is InChI=1S/C25H44N4O.HI/c1-6-26-25(28-21(5)11-9-17-29(7-2)8-3)27-19-23-12-10-18-30-24(23)22-15-13-20(4)14-16-22;/h13-16,21,23-24H,6-12,17-19H2,1-5H3,(H2,26,27,28);1H. The number of hydrogen-bond donors (Lipinski definition) is 2. The van der Waals surface area contributed by atoms with Crippen molar-refractivity contribution >= 4 is 29.9 Å². The van der Waals surface area contributed by atoms with Gasteiger partial charge in [0, 0.05) is 31.7 Å². The number of ether oxygens (including phenoxy) is 1. The quantitative estimate of drug-likeness (QED) is 0.230. The third-order valence-corrected chi connectivity index (χ3v) is 6.07. The van der Waals surface area contributed by atoms with Gasteiger partial charge in [0.2, 0.25) is 0 Å². The van der Waals surface area contributed by atoms with Crippen LogP contribution in [0.5, 0.6) is 0 Å². The van der Waals surface area contributed by atoms with Crippen LogP contribution in [0.4, 0.5) is 0 Å². The molecule has 1 fully saturated rings. The van der Waals surface area contributed by atoms with Gasteiger partial charge in [-0.2, -0.15) is 0 Å². The fourth-order valence-corrected chi connectivity index (χ4v) is 4.15. The van der Waals surface area contributed by atoms with Crippen molar-refractivity contribution < 1.29 is 4.74 Å². The van der Waals surface area contributed by atoms with Crippen molar-refractivity contribution in [1.82, 2.24) is 15.5 Å². The van der Waals surface area contributed by atoms with E-state index in [4.69, 9.17) is 9.73 Å². The molecular weight excluding hydrogens is 499 g/mol. The summed E-state index contributed by atoms with van der Waals surface area (Å²) in [6.45, 7) is 16.9. The minimum Gasteiger partial charge on any atom is -0.373 e. The van der Waals surface area contributed by atoms with Gasteiger partial charge in [-0.15, -0.1) is 24.0 Å². The van der Waals surface area contributed by atoms with Crippen LogP contribution in [0.2, 0.25) is 0 Å². The number of aliphatic imine (C=N–C) groups is 1. The van der Waals surface area contributed by atoms with E-state index in [2.05, 4.69) is 74.4 Å². The smallest absolute Gasteiger partial charge is 0.191 e. The van der Waals surface area contributed by atoms with Gasteiger partial charge < -0.3 is 20.3 Å². The summed E-state index contributed by atoms with van der Waals surface area (Å²) in [5, 5.41) is 7.03. The van der Waals surface area contributed by atoms with Crippen LogP contribution in [0, 0.1) is 12.8 Å². The molecule has 0 bridgehead atoms. The molecule has 0 amide bonds. The second-order valence-corrected chi connectivity index (χ2v) is 8.54. The lowest BCUT2D eigenvalue weighted by Gasteiger charge is -2.31. The Morgan fingerprint density at radius 3 is 2.55 bits per heavy atom. The second-order valence-electron chi connectivity index (χ2n) is 8.54. The zero-order valence-corrected chi connectivity index (χ0v) is 22.7. The van der Waals surface area contributed by atoms with Crippen LogP contribution in [-0.4, -0.2) is 56.2 Å². The van der Waals surface area contributed by atoms with Gasteiger partial charge >= 0.3 is 0 Å². The Morgan fingerprint density at radius 1 is 1.19 bits per heavy atom.